The Morgan fingerprint density at radius 2 is 1.84 bits per heavy atom. The van der Waals surface area contributed by atoms with E-state index in [2.05, 4.69) is 22.1 Å². The summed E-state index contributed by atoms with van der Waals surface area (Å²) in [5, 5.41) is 1.15. The first-order valence-corrected chi connectivity index (χ1v) is 8.10. The Labute approximate surface area is 146 Å². The monoisotopic (exact) mass is 329 g/mol. The standard InChI is InChI=1S/C20H19N5/c1-25(2)19-8-7-13(21)11-15(19)20-22-10-9-18(24-20)16-12-23-17-6-4-3-5-14(16)17/h3-12,23H,21H2,1-2H3. The van der Waals surface area contributed by atoms with E-state index in [-0.39, 0.29) is 0 Å². The topological polar surface area (TPSA) is 70.8 Å². The number of anilines is 2. The van der Waals surface area contributed by atoms with Crippen LogP contribution in [0.5, 0.6) is 0 Å². The van der Waals surface area contributed by atoms with Crippen LogP contribution in [0.2, 0.25) is 0 Å². The van der Waals surface area contributed by atoms with Gasteiger partial charge in [-0.25, -0.2) is 9.97 Å². The number of nitrogens with zero attached hydrogens (tertiary/aromatic N) is 3. The molecule has 0 unspecified atom stereocenters. The summed E-state index contributed by atoms with van der Waals surface area (Å²) < 4.78 is 0. The highest BCUT2D eigenvalue weighted by Crippen LogP contribution is 2.32. The Balaban J connectivity index is 1.87. The number of rotatable bonds is 3. The number of para-hydroxylation sites is 1. The number of nitrogens with one attached hydrogen (secondary N) is 1. The zero-order chi connectivity index (χ0) is 17.4. The third-order valence-corrected chi connectivity index (χ3v) is 4.26. The van der Waals surface area contributed by atoms with Crippen LogP contribution in [0, 0.1) is 0 Å². The third-order valence-electron chi connectivity index (χ3n) is 4.26. The van der Waals surface area contributed by atoms with Crippen molar-refractivity contribution >= 4 is 22.3 Å². The van der Waals surface area contributed by atoms with E-state index in [1.54, 1.807) is 6.20 Å². The second-order valence-electron chi connectivity index (χ2n) is 6.18. The highest BCUT2D eigenvalue weighted by atomic mass is 15.1. The van der Waals surface area contributed by atoms with Crippen molar-refractivity contribution < 1.29 is 0 Å². The molecule has 4 rings (SSSR count). The normalized spacial score (nSPS) is 11.0. The Hall–Kier alpha value is -3.34. The van der Waals surface area contributed by atoms with E-state index in [4.69, 9.17) is 10.7 Å². The highest BCUT2D eigenvalue weighted by Gasteiger charge is 2.13. The number of benzene rings is 2. The molecule has 0 atom stereocenters. The summed E-state index contributed by atoms with van der Waals surface area (Å²) in [6.45, 7) is 0. The van der Waals surface area contributed by atoms with Gasteiger partial charge in [0.15, 0.2) is 5.82 Å². The molecule has 2 aromatic heterocycles. The van der Waals surface area contributed by atoms with Gasteiger partial charge in [-0.15, -0.1) is 0 Å². The van der Waals surface area contributed by atoms with Gasteiger partial charge in [-0.1, -0.05) is 18.2 Å². The molecular formula is C20H19N5. The van der Waals surface area contributed by atoms with Gasteiger partial charge >= 0.3 is 0 Å². The second kappa shape index (κ2) is 5.94. The molecule has 0 spiro atoms. The zero-order valence-corrected chi connectivity index (χ0v) is 14.2. The van der Waals surface area contributed by atoms with Crippen LogP contribution in [-0.2, 0) is 0 Å². The lowest BCUT2D eigenvalue weighted by Crippen LogP contribution is -2.11. The zero-order valence-electron chi connectivity index (χ0n) is 14.2. The molecule has 3 N–H and O–H groups in total. The van der Waals surface area contributed by atoms with Gasteiger partial charge in [0.1, 0.15) is 0 Å². The van der Waals surface area contributed by atoms with Crippen LogP contribution in [0.3, 0.4) is 0 Å². The summed E-state index contributed by atoms with van der Waals surface area (Å²) in [5.74, 6) is 0.666. The van der Waals surface area contributed by atoms with Gasteiger partial charge in [-0.2, -0.15) is 0 Å². The van der Waals surface area contributed by atoms with E-state index in [9.17, 15) is 0 Å². The Morgan fingerprint density at radius 1 is 1.00 bits per heavy atom. The van der Waals surface area contributed by atoms with Crippen LogP contribution in [0.4, 0.5) is 11.4 Å². The molecule has 25 heavy (non-hydrogen) atoms. The number of aromatic nitrogens is 3. The van der Waals surface area contributed by atoms with E-state index >= 15 is 0 Å². The van der Waals surface area contributed by atoms with Gasteiger partial charge in [-0.3, -0.25) is 0 Å². The molecule has 2 aromatic carbocycles. The van der Waals surface area contributed by atoms with Crippen LogP contribution in [0.1, 0.15) is 0 Å². The Morgan fingerprint density at radius 3 is 2.68 bits per heavy atom. The molecule has 0 bridgehead atoms. The van der Waals surface area contributed by atoms with Crippen LogP contribution in [0.25, 0.3) is 33.5 Å². The van der Waals surface area contributed by atoms with Gasteiger partial charge in [0.2, 0.25) is 0 Å². The maximum absolute atomic E-state index is 5.99. The predicted octanol–water partition coefficient (Wildman–Crippen LogP) is 3.94. The van der Waals surface area contributed by atoms with Gasteiger partial charge in [0.25, 0.3) is 0 Å². The lowest BCUT2D eigenvalue weighted by Gasteiger charge is -2.17. The van der Waals surface area contributed by atoms with Gasteiger partial charge in [-0.05, 0) is 30.3 Å². The molecule has 124 valence electrons. The lowest BCUT2D eigenvalue weighted by atomic mass is 10.1. The number of aromatic amines is 1. The number of fused-ring (bicyclic) bond motifs is 1. The summed E-state index contributed by atoms with van der Waals surface area (Å²) in [5.41, 5.74) is 11.7. The molecule has 0 radical (unpaired) electrons. The molecule has 5 nitrogen and oxygen atoms in total. The molecule has 0 aliphatic carbocycles. The fourth-order valence-electron chi connectivity index (χ4n) is 3.04. The molecule has 0 aliphatic heterocycles. The number of hydrogen-bond acceptors (Lipinski definition) is 4. The number of nitrogens with two attached hydrogens (primary N) is 1. The molecule has 5 heteroatoms. The maximum atomic E-state index is 5.99. The van der Waals surface area contributed by atoms with Crippen molar-refractivity contribution in [3.05, 3.63) is 60.9 Å². The van der Waals surface area contributed by atoms with Crippen molar-refractivity contribution in [3.8, 4) is 22.6 Å². The average Bonchev–Trinajstić information content (AvgIpc) is 3.05. The van der Waals surface area contributed by atoms with Gasteiger partial charge in [0, 0.05) is 59.9 Å². The fourth-order valence-corrected chi connectivity index (χ4v) is 3.04. The quantitative estimate of drug-likeness (QED) is 0.559. The van der Waals surface area contributed by atoms with E-state index < -0.39 is 0 Å². The molecule has 0 fully saturated rings. The number of nitrogen functional groups attached to an aromatic ring is 1. The second-order valence-corrected chi connectivity index (χ2v) is 6.18. The Kier molecular flexibility index (Phi) is 3.61. The van der Waals surface area contributed by atoms with E-state index in [1.807, 2.05) is 61.6 Å². The third kappa shape index (κ3) is 2.70. The molecule has 4 aromatic rings. The van der Waals surface area contributed by atoms with Gasteiger partial charge in [0.05, 0.1) is 5.69 Å². The van der Waals surface area contributed by atoms with Crippen molar-refractivity contribution in [1.29, 1.82) is 0 Å². The molecular weight excluding hydrogens is 310 g/mol. The fraction of sp³-hybridized carbons (Fsp3) is 0.100. The first kappa shape index (κ1) is 15.2. The summed E-state index contributed by atoms with van der Waals surface area (Å²) >= 11 is 0. The van der Waals surface area contributed by atoms with E-state index in [0.29, 0.717) is 11.5 Å². The highest BCUT2D eigenvalue weighted by molar-refractivity contribution is 5.94. The molecule has 0 saturated heterocycles. The molecule has 0 amide bonds. The van der Waals surface area contributed by atoms with Crippen LogP contribution in [0.15, 0.2) is 60.9 Å². The molecule has 0 saturated carbocycles. The van der Waals surface area contributed by atoms with Crippen molar-refractivity contribution in [3.63, 3.8) is 0 Å². The van der Waals surface area contributed by atoms with Crippen molar-refractivity contribution in [2.24, 2.45) is 0 Å². The van der Waals surface area contributed by atoms with Crippen molar-refractivity contribution in [2.45, 2.75) is 0 Å². The number of hydrogen-bond donors (Lipinski definition) is 2. The largest absolute Gasteiger partial charge is 0.399 e. The Bertz CT molecular complexity index is 1050. The SMILES string of the molecule is CN(C)c1ccc(N)cc1-c1nccc(-c2c[nH]c3ccccc23)n1. The average molecular weight is 329 g/mol. The van der Waals surface area contributed by atoms with Gasteiger partial charge < -0.3 is 15.6 Å². The van der Waals surface area contributed by atoms with E-state index in [0.717, 1.165) is 33.4 Å². The maximum Gasteiger partial charge on any atom is 0.161 e. The van der Waals surface area contributed by atoms with Crippen LogP contribution < -0.4 is 10.6 Å². The smallest absolute Gasteiger partial charge is 0.161 e. The lowest BCUT2D eigenvalue weighted by molar-refractivity contribution is 1.11. The minimum Gasteiger partial charge on any atom is -0.399 e. The molecule has 2 heterocycles. The summed E-state index contributed by atoms with van der Waals surface area (Å²) in [6, 6.07) is 15.9. The summed E-state index contributed by atoms with van der Waals surface area (Å²) in [6.07, 6.45) is 3.78. The minimum absolute atomic E-state index is 0.666. The van der Waals surface area contributed by atoms with Crippen molar-refractivity contribution in [2.75, 3.05) is 24.7 Å². The van der Waals surface area contributed by atoms with Crippen molar-refractivity contribution in [1.82, 2.24) is 15.0 Å². The summed E-state index contributed by atoms with van der Waals surface area (Å²) in [7, 11) is 4.00. The minimum atomic E-state index is 0.666. The van der Waals surface area contributed by atoms with E-state index in [1.165, 1.54) is 0 Å². The number of H-pyrrole nitrogens is 1. The first-order valence-electron chi connectivity index (χ1n) is 8.10. The first-order chi connectivity index (χ1) is 12.1. The predicted molar refractivity (Wildman–Crippen MR) is 104 cm³/mol. The molecule has 0 aliphatic rings. The summed E-state index contributed by atoms with van der Waals surface area (Å²) in [4.78, 5) is 14.6. The van der Waals surface area contributed by atoms with Crippen LogP contribution in [-0.4, -0.2) is 29.0 Å². The van der Waals surface area contributed by atoms with Crippen LogP contribution >= 0.6 is 0 Å².